The Morgan fingerprint density at radius 1 is 1.50 bits per heavy atom. The average molecular weight is 223 g/mol. The van der Waals surface area contributed by atoms with Gasteiger partial charge in [-0.25, -0.2) is 4.98 Å². The third-order valence-electron chi connectivity index (χ3n) is 1.84. The number of anilines is 1. The molecule has 4 nitrogen and oxygen atoms in total. The van der Waals surface area contributed by atoms with Gasteiger partial charge in [0.25, 0.3) is 0 Å². The molecule has 0 aliphatic rings. The van der Waals surface area contributed by atoms with Crippen LogP contribution >= 0.6 is 0 Å². The SMILES string of the molecule is CC(C)Oc1cccnc1NCC(C)(C)N. The maximum Gasteiger partial charge on any atom is 0.168 e. The van der Waals surface area contributed by atoms with Crippen molar-refractivity contribution in [3.8, 4) is 5.75 Å². The van der Waals surface area contributed by atoms with Gasteiger partial charge < -0.3 is 15.8 Å². The van der Waals surface area contributed by atoms with Crippen molar-refractivity contribution in [1.82, 2.24) is 4.98 Å². The Kier molecular flexibility index (Phi) is 4.12. The van der Waals surface area contributed by atoms with Crippen molar-refractivity contribution >= 4 is 5.82 Å². The van der Waals surface area contributed by atoms with Crippen LogP contribution in [-0.2, 0) is 0 Å². The van der Waals surface area contributed by atoms with E-state index in [-0.39, 0.29) is 11.6 Å². The Morgan fingerprint density at radius 3 is 2.75 bits per heavy atom. The van der Waals surface area contributed by atoms with Crippen LogP contribution in [0.3, 0.4) is 0 Å². The van der Waals surface area contributed by atoms with E-state index in [4.69, 9.17) is 10.5 Å². The van der Waals surface area contributed by atoms with Gasteiger partial charge in [-0.05, 0) is 39.8 Å². The molecule has 1 aromatic heterocycles. The first-order valence-electron chi connectivity index (χ1n) is 5.53. The molecule has 0 saturated heterocycles. The second kappa shape index (κ2) is 5.16. The number of aromatic nitrogens is 1. The number of nitrogens with two attached hydrogens (primary N) is 1. The topological polar surface area (TPSA) is 60.2 Å². The molecule has 0 saturated carbocycles. The van der Waals surface area contributed by atoms with E-state index >= 15 is 0 Å². The number of nitrogens with zero attached hydrogens (tertiary/aromatic N) is 1. The Morgan fingerprint density at radius 2 is 2.19 bits per heavy atom. The van der Waals surface area contributed by atoms with Crippen molar-refractivity contribution < 1.29 is 4.74 Å². The van der Waals surface area contributed by atoms with Crippen LogP contribution in [0.1, 0.15) is 27.7 Å². The molecule has 16 heavy (non-hydrogen) atoms. The summed E-state index contributed by atoms with van der Waals surface area (Å²) < 4.78 is 5.64. The fourth-order valence-electron chi connectivity index (χ4n) is 1.18. The molecule has 1 rings (SSSR count). The minimum atomic E-state index is -0.271. The maximum atomic E-state index is 5.90. The smallest absolute Gasteiger partial charge is 0.168 e. The Labute approximate surface area is 97.2 Å². The summed E-state index contributed by atoms with van der Waals surface area (Å²) in [6.07, 6.45) is 1.87. The minimum Gasteiger partial charge on any atom is -0.487 e. The quantitative estimate of drug-likeness (QED) is 0.801. The third-order valence-corrected chi connectivity index (χ3v) is 1.84. The number of rotatable bonds is 5. The molecule has 0 fully saturated rings. The first kappa shape index (κ1) is 12.8. The van der Waals surface area contributed by atoms with Crippen LogP contribution in [0, 0.1) is 0 Å². The molecule has 0 aromatic carbocycles. The molecule has 0 bridgehead atoms. The summed E-state index contributed by atoms with van der Waals surface area (Å²) in [5.74, 6) is 1.51. The summed E-state index contributed by atoms with van der Waals surface area (Å²) in [7, 11) is 0. The largest absolute Gasteiger partial charge is 0.487 e. The predicted octanol–water partition coefficient (Wildman–Crippen LogP) is 2.02. The Balaban J connectivity index is 2.71. The highest BCUT2D eigenvalue weighted by Crippen LogP contribution is 2.22. The summed E-state index contributed by atoms with van der Waals surface area (Å²) in [5, 5.41) is 3.20. The number of hydrogen-bond donors (Lipinski definition) is 2. The van der Waals surface area contributed by atoms with E-state index in [1.807, 2.05) is 39.8 Å². The first-order valence-corrected chi connectivity index (χ1v) is 5.53. The lowest BCUT2D eigenvalue weighted by molar-refractivity contribution is 0.243. The van der Waals surface area contributed by atoms with E-state index in [0.29, 0.717) is 6.54 Å². The molecular formula is C12H21N3O. The number of nitrogens with one attached hydrogen (secondary N) is 1. The minimum absolute atomic E-state index is 0.135. The number of hydrogen-bond acceptors (Lipinski definition) is 4. The van der Waals surface area contributed by atoms with Gasteiger partial charge in [0.05, 0.1) is 6.10 Å². The van der Waals surface area contributed by atoms with Crippen molar-refractivity contribution in [1.29, 1.82) is 0 Å². The third kappa shape index (κ3) is 4.49. The highest BCUT2D eigenvalue weighted by atomic mass is 16.5. The van der Waals surface area contributed by atoms with Crippen LogP contribution in [0.2, 0.25) is 0 Å². The summed E-state index contributed by atoms with van der Waals surface area (Å²) in [4.78, 5) is 4.24. The van der Waals surface area contributed by atoms with E-state index in [1.54, 1.807) is 6.20 Å². The van der Waals surface area contributed by atoms with Crippen LogP contribution < -0.4 is 15.8 Å². The number of ether oxygens (including phenoxy) is 1. The molecule has 1 heterocycles. The Hall–Kier alpha value is -1.29. The monoisotopic (exact) mass is 223 g/mol. The number of pyridine rings is 1. The maximum absolute atomic E-state index is 5.90. The van der Waals surface area contributed by atoms with Gasteiger partial charge >= 0.3 is 0 Å². The molecule has 0 unspecified atom stereocenters. The van der Waals surface area contributed by atoms with Gasteiger partial charge in [0.1, 0.15) is 0 Å². The highest BCUT2D eigenvalue weighted by molar-refractivity contribution is 5.49. The van der Waals surface area contributed by atoms with Crippen molar-refractivity contribution in [3.63, 3.8) is 0 Å². The van der Waals surface area contributed by atoms with E-state index in [9.17, 15) is 0 Å². The first-order chi connectivity index (χ1) is 7.38. The lowest BCUT2D eigenvalue weighted by atomic mass is 10.1. The van der Waals surface area contributed by atoms with Gasteiger partial charge in [-0.15, -0.1) is 0 Å². The molecule has 1 aromatic rings. The van der Waals surface area contributed by atoms with Crippen molar-refractivity contribution in [3.05, 3.63) is 18.3 Å². The van der Waals surface area contributed by atoms with E-state index in [0.717, 1.165) is 11.6 Å². The molecule has 0 spiro atoms. The summed E-state index contributed by atoms with van der Waals surface area (Å²) in [6, 6.07) is 3.76. The zero-order valence-corrected chi connectivity index (χ0v) is 10.4. The van der Waals surface area contributed by atoms with Gasteiger partial charge in [0, 0.05) is 18.3 Å². The van der Waals surface area contributed by atoms with Gasteiger partial charge in [-0.3, -0.25) is 0 Å². The van der Waals surface area contributed by atoms with Gasteiger partial charge in [-0.1, -0.05) is 0 Å². The highest BCUT2D eigenvalue weighted by Gasteiger charge is 2.12. The van der Waals surface area contributed by atoms with E-state index in [1.165, 1.54) is 0 Å². The molecule has 90 valence electrons. The standard InChI is InChI=1S/C12H21N3O/c1-9(2)16-10-6-5-7-14-11(10)15-8-12(3,4)13/h5-7,9H,8,13H2,1-4H3,(H,14,15). The van der Waals surface area contributed by atoms with E-state index in [2.05, 4.69) is 10.3 Å². The summed E-state index contributed by atoms with van der Waals surface area (Å²) in [6.45, 7) is 8.56. The van der Waals surface area contributed by atoms with Gasteiger partial charge in [0.2, 0.25) is 0 Å². The molecule has 0 aliphatic heterocycles. The van der Waals surface area contributed by atoms with Crippen LogP contribution in [0.4, 0.5) is 5.82 Å². The van der Waals surface area contributed by atoms with Crippen LogP contribution in [0.15, 0.2) is 18.3 Å². The van der Waals surface area contributed by atoms with Crippen molar-refractivity contribution in [2.24, 2.45) is 5.73 Å². The molecular weight excluding hydrogens is 202 g/mol. The second-order valence-corrected chi connectivity index (χ2v) is 4.86. The fourth-order valence-corrected chi connectivity index (χ4v) is 1.18. The van der Waals surface area contributed by atoms with Gasteiger partial charge in [-0.2, -0.15) is 0 Å². The lowest BCUT2D eigenvalue weighted by Crippen LogP contribution is -2.39. The van der Waals surface area contributed by atoms with Crippen molar-refractivity contribution in [2.45, 2.75) is 39.3 Å². The summed E-state index contributed by atoms with van der Waals surface area (Å²) in [5.41, 5.74) is 5.63. The molecule has 0 radical (unpaired) electrons. The fraction of sp³-hybridized carbons (Fsp3) is 0.583. The van der Waals surface area contributed by atoms with Crippen LogP contribution in [0.25, 0.3) is 0 Å². The molecule has 4 heteroatoms. The molecule has 0 aliphatic carbocycles. The zero-order valence-electron chi connectivity index (χ0n) is 10.4. The molecule has 3 N–H and O–H groups in total. The average Bonchev–Trinajstić information content (AvgIpc) is 2.14. The predicted molar refractivity (Wildman–Crippen MR) is 66.8 cm³/mol. The van der Waals surface area contributed by atoms with Crippen LogP contribution in [-0.4, -0.2) is 23.2 Å². The van der Waals surface area contributed by atoms with E-state index < -0.39 is 0 Å². The molecule has 0 atom stereocenters. The molecule has 0 amide bonds. The van der Waals surface area contributed by atoms with Crippen molar-refractivity contribution in [2.75, 3.05) is 11.9 Å². The zero-order chi connectivity index (χ0) is 12.2. The normalized spacial score (nSPS) is 11.6. The van der Waals surface area contributed by atoms with Crippen LogP contribution in [0.5, 0.6) is 5.75 Å². The Bertz CT molecular complexity index is 331. The summed E-state index contributed by atoms with van der Waals surface area (Å²) >= 11 is 0. The second-order valence-electron chi connectivity index (χ2n) is 4.86. The van der Waals surface area contributed by atoms with Gasteiger partial charge in [0.15, 0.2) is 11.6 Å². The lowest BCUT2D eigenvalue weighted by Gasteiger charge is -2.21.